The lowest BCUT2D eigenvalue weighted by Crippen LogP contribution is -2.52. The largest absolute Gasteiger partial charge is 0.379 e. The molecule has 29 heavy (non-hydrogen) atoms. The first-order valence-electron chi connectivity index (χ1n) is 11.2. The van der Waals surface area contributed by atoms with Crippen molar-refractivity contribution in [3.8, 4) is 0 Å². The summed E-state index contributed by atoms with van der Waals surface area (Å²) in [5.74, 6) is 3.37. The first-order valence-corrected chi connectivity index (χ1v) is 11.2. The number of nitrogens with one attached hydrogen (secondary N) is 2. The minimum absolute atomic E-state index is 0.492. The van der Waals surface area contributed by atoms with Crippen LogP contribution in [0.25, 0.3) is 0 Å². The van der Waals surface area contributed by atoms with Gasteiger partial charge in [-0.1, -0.05) is 26.7 Å². The number of nitrogens with zero attached hydrogens (tertiary/aromatic N) is 5. The predicted octanol–water partition coefficient (Wildman–Crippen LogP) is 1.85. The fourth-order valence-electron chi connectivity index (χ4n) is 4.22. The van der Waals surface area contributed by atoms with Gasteiger partial charge in [-0.3, -0.25) is 4.90 Å². The van der Waals surface area contributed by atoms with Crippen LogP contribution < -0.4 is 10.6 Å². The van der Waals surface area contributed by atoms with Crippen LogP contribution in [0.3, 0.4) is 0 Å². The molecule has 8 nitrogen and oxygen atoms in total. The lowest BCUT2D eigenvalue weighted by Gasteiger charge is -2.36. The highest BCUT2D eigenvalue weighted by molar-refractivity contribution is 5.80. The van der Waals surface area contributed by atoms with Crippen molar-refractivity contribution < 1.29 is 4.74 Å². The summed E-state index contributed by atoms with van der Waals surface area (Å²) >= 11 is 0. The van der Waals surface area contributed by atoms with Gasteiger partial charge in [0.2, 0.25) is 0 Å². The summed E-state index contributed by atoms with van der Waals surface area (Å²) in [7, 11) is 1.99. The number of aryl methyl sites for hydroxylation is 1. The summed E-state index contributed by atoms with van der Waals surface area (Å²) in [5, 5.41) is 15.7. The number of ether oxygens (including phenoxy) is 1. The average Bonchev–Trinajstić information content (AvgIpc) is 3.34. The number of rotatable bonds is 8. The molecular formula is C21H39N7O. The summed E-state index contributed by atoms with van der Waals surface area (Å²) in [6.45, 7) is 11.7. The topological polar surface area (TPSA) is 79.6 Å². The number of hydrogen-bond acceptors (Lipinski definition) is 5. The zero-order chi connectivity index (χ0) is 20.6. The van der Waals surface area contributed by atoms with Crippen molar-refractivity contribution in [3.63, 3.8) is 0 Å². The van der Waals surface area contributed by atoms with E-state index < -0.39 is 0 Å². The molecule has 1 aromatic rings. The van der Waals surface area contributed by atoms with Crippen LogP contribution in [0.15, 0.2) is 4.99 Å². The van der Waals surface area contributed by atoms with Crippen molar-refractivity contribution in [1.82, 2.24) is 30.3 Å². The fraction of sp³-hybridized carbons (Fsp3) is 0.857. The maximum absolute atomic E-state index is 5.56. The van der Waals surface area contributed by atoms with Crippen molar-refractivity contribution in [2.75, 3.05) is 32.8 Å². The minimum Gasteiger partial charge on any atom is -0.379 e. The van der Waals surface area contributed by atoms with E-state index >= 15 is 0 Å². The Kier molecular flexibility index (Phi) is 8.29. The zero-order valence-electron chi connectivity index (χ0n) is 18.7. The van der Waals surface area contributed by atoms with E-state index in [2.05, 4.69) is 39.6 Å². The lowest BCUT2D eigenvalue weighted by atomic mass is 10.0. The first kappa shape index (κ1) is 22.0. The van der Waals surface area contributed by atoms with Gasteiger partial charge in [-0.2, -0.15) is 0 Å². The van der Waals surface area contributed by atoms with Crippen molar-refractivity contribution in [1.29, 1.82) is 0 Å². The second-order valence-electron chi connectivity index (χ2n) is 8.83. The van der Waals surface area contributed by atoms with Gasteiger partial charge in [0.25, 0.3) is 0 Å². The third-order valence-corrected chi connectivity index (χ3v) is 6.07. The quantitative estimate of drug-likeness (QED) is 0.508. The monoisotopic (exact) mass is 405 g/mol. The molecule has 1 atom stereocenters. The van der Waals surface area contributed by atoms with Gasteiger partial charge in [-0.15, -0.1) is 10.2 Å². The summed E-state index contributed by atoms with van der Waals surface area (Å²) in [5.41, 5.74) is 0. The summed E-state index contributed by atoms with van der Waals surface area (Å²) in [4.78, 5) is 7.42. The molecule has 1 saturated carbocycles. The van der Waals surface area contributed by atoms with Crippen LogP contribution in [0, 0.1) is 12.8 Å². The van der Waals surface area contributed by atoms with E-state index in [1.54, 1.807) is 0 Å². The van der Waals surface area contributed by atoms with Crippen molar-refractivity contribution in [2.45, 2.75) is 71.5 Å². The van der Waals surface area contributed by atoms with E-state index in [4.69, 9.17) is 9.73 Å². The predicted molar refractivity (Wildman–Crippen MR) is 116 cm³/mol. The number of guanidine groups is 1. The standard InChI is InChI=1S/C21H39N7O/c1-16(2)13-19(28-9-11-29-12-10-28)14-22-21(24-18-7-5-6-8-18)23-15-20-26-25-17(3)27(20)4/h16,18-19H,5-15H2,1-4H3,(H2,22,23,24). The molecule has 0 aromatic carbocycles. The van der Waals surface area contributed by atoms with Crippen LogP contribution in [0.1, 0.15) is 57.6 Å². The van der Waals surface area contributed by atoms with Crippen molar-refractivity contribution in [3.05, 3.63) is 11.6 Å². The third kappa shape index (κ3) is 6.67. The highest BCUT2D eigenvalue weighted by atomic mass is 16.5. The Hall–Kier alpha value is -1.67. The van der Waals surface area contributed by atoms with Gasteiger partial charge in [0.15, 0.2) is 11.8 Å². The number of aromatic nitrogens is 3. The van der Waals surface area contributed by atoms with E-state index in [1.165, 1.54) is 32.1 Å². The van der Waals surface area contributed by atoms with E-state index in [-0.39, 0.29) is 0 Å². The Bertz CT molecular complexity index is 645. The maximum atomic E-state index is 5.56. The van der Waals surface area contributed by atoms with Gasteiger partial charge < -0.3 is 19.9 Å². The smallest absolute Gasteiger partial charge is 0.191 e. The highest BCUT2D eigenvalue weighted by Crippen LogP contribution is 2.18. The minimum atomic E-state index is 0.492. The summed E-state index contributed by atoms with van der Waals surface area (Å²) < 4.78 is 7.56. The maximum Gasteiger partial charge on any atom is 0.191 e. The lowest BCUT2D eigenvalue weighted by molar-refractivity contribution is 0.0132. The van der Waals surface area contributed by atoms with Gasteiger partial charge in [-0.05, 0) is 32.1 Å². The van der Waals surface area contributed by atoms with Crippen LogP contribution in [0.4, 0.5) is 0 Å². The van der Waals surface area contributed by atoms with Gasteiger partial charge in [0, 0.05) is 38.8 Å². The molecule has 1 aromatic heterocycles. The molecule has 1 saturated heterocycles. The molecule has 0 bridgehead atoms. The van der Waals surface area contributed by atoms with Gasteiger partial charge in [0.1, 0.15) is 12.4 Å². The van der Waals surface area contributed by atoms with Crippen molar-refractivity contribution >= 4 is 5.96 Å². The van der Waals surface area contributed by atoms with Crippen LogP contribution >= 0.6 is 0 Å². The molecule has 1 unspecified atom stereocenters. The van der Waals surface area contributed by atoms with E-state index in [1.807, 2.05) is 18.5 Å². The van der Waals surface area contributed by atoms with E-state index in [9.17, 15) is 0 Å². The van der Waals surface area contributed by atoms with Crippen LogP contribution in [-0.2, 0) is 18.3 Å². The average molecular weight is 406 g/mol. The molecular weight excluding hydrogens is 366 g/mol. The summed E-state index contributed by atoms with van der Waals surface area (Å²) in [6.07, 6.45) is 6.23. The molecule has 1 aliphatic heterocycles. The number of morpholine rings is 1. The molecule has 3 rings (SSSR count). The molecule has 2 aliphatic rings. The molecule has 2 heterocycles. The SMILES string of the molecule is Cc1nnc(CN=C(NCC(CC(C)C)N2CCOCC2)NC2CCCC2)n1C. The molecule has 8 heteroatoms. The van der Waals surface area contributed by atoms with Crippen molar-refractivity contribution in [2.24, 2.45) is 18.0 Å². The first-order chi connectivity index (χ1) is 14.0. The Labute approximate surface area is 175 Å². The fourth-order valence-corrected chi connectivity index (χ4v) is 4.22. The van der Waals surface area contributed by atoms with Gasteiger partial charge in [0.05, 0.1) is 13.2 Å². The van der Waals surface area contributed by atoms with E-state index in [0.717, 1.165) is 50.5 Å². The molecule has 0 radical (unpaired) electrons. The highest BCUT2D eigenvalue weighted by Gasteiger charge is 2.23. The van der Waals surface area contributed by atoms with Crippen LogP contribution in [0.2, 0.25) is 0 Å². The normalized spacial score (nSPS) is 20.4. The number of aliphatic imine (C=N–C) groups is 1. The summed E-state index contributed by atoms with van der Waals surface area (Å²) in [6, 6.07) is 1.01. The molecule has 164 valence electrons. The molecule has 2 fully saturated rings. The second kappa shape index (κ2) is 10.9. The second-order valence-corrected chi connectivity index (χ2v) is 8.83. The van der Waals surface area contributed by atoms with Gasteiger partial charge in [-0.25, -0.2) is 4.99 Å². The molecule has 1 aliphatic carbocycles. The Morgan fingerprint density at radius 3 is 2.55 bits per heavy atom. The molecule has 0 amide bonds. The number of hydrogen-bond donors (Lipinski definition) is 2. The Balaban J connectivity index is 1.64. The zero-order valence-corrected chi connectivity index (χ0v) is 18.7. The Morgan fingerprint density at radius 1 is 1.21 bits per heavy atom. The van der Waals surface area contributed by atoms with E-state index in [0.29, 0.717) is 24.5 Å². The van der Waals surface area contributed by atoms with Gasteiger partial charge >= 0.3 is 0 Å². The molecule has 0 spiro atoms. The van der Waals surface area contributed by atoms with Crippen LogP contribution in [0.5, 0.6) is 0 Å². The van der Waals surface area contributed by atoms with Crippen LogP contribution in [-0.4, -0.2) is 70.6 Å². The third-order valence-electron chi connectivity index (χ3n) is 6.07. The molecule has 2 N–H and O–H groups in total. The Morgan fingerprint density at radius 2 is 1.93 bits per heavy atom.